The molecule has 0 spiro atoms. The molecule has 3 aliphatic heterocycles. The Morgan fingerprint density at radius 3 is 2.08 bits per heavy atom. The zero-order valence-electron chi connectivity index (χ0n) is 29.9. The number of likely N-dealkylation sites (tertiary alicyclic amines) is 2. The van der Waals surface area contributed by atoms with E-state index in [4.69, 9.17) is 20.3 Å². The predicted octanol–water partition coefficient (Wildman–Crippen LogP) is 7.70. The summed E-state index contributed by atoms with van der Waals surface area (Å²) in [4.78, 5) is 53.4. The minimum atomic E-state index is -0.370. The van der Waals surface area contributed by atoms with Crippen molar-refractivity contribution in [1.82, 2.24) is 19.8 Å². The standard InChI is InChI=1S/C40H50N6O4/c1-25(2)27(5)39(47)45-18-6-8-36(45)34-20-32(21-42-34)30-12-10-28(11-13-30)29-14-16-31(17-15-29)35-22-43-38(44-35)37-9-7-19-46(37)40(48)33(26(3)4)23-49-50-24-41/h10-17,21-22,24-27,33,36-37,41H,6-9,18-20,23H2,1-5H3,(H,43,44)/t27-,33-,36-,37-/m0/s1. The second-order valence-electron chi connectivity index (χ2n) is 14.5. The molecule has 0 bridgehead atoms. The molecule has 264 valence electrons. The summed E-state index contributed by atoms with van der Waals surface area (Å²) < 4.78 is 0. The predicted molar refractivity (Wildman–Crippen MR) is 196 cm³/mol. The van der Waals surface area contributed by atoms with Crippen molar-refractivity contribution in [3.63, 3.8) is 0 Å². The van der Waals surface area contributed by atoms with Crippen molar-refractivity contribution >= 4 is 29.5 Å². The number of rotatable bonds is 13. The maximum Gasteiger partial charge on any atom is 0.229 e. The smallest absolute Gasteiger partial charge is 0.229 e. The summed E-state index contributed by atoms with van der Waals surface area (Å²) in [5, 5.41) is 7.00. The Hall–Kier alpha value is -4.57. The van der Waals surface area contributed by atoms with E-state index in [0.29, 0.717) is 12.5 Å². The molecule has 3 aromatic rings. The lowest BCUT2D eigenvalue weighted by Crippen LogP contribution is -2.43. The number of H-pyrrole nitrogens is 1. The van der Waals surface area contributed by atoms with Crippen LogP contribution in [-0.2, 0) is 19.4 Å². The summed E-state index contributed by atoms with van der Waals surface area (Å²) in [6.45, 7) is 11.9. The quantitative estimate of drug-likeness (QED) is 0.0631. The number of nitrogens with zero attached hydrogens (tertiary/aromatic N) is 4. The van der Waals surface area contributed by atoms with Gasteiger partial charge < -0.3 is 19.7 Å². The number of carbonyl (C=O) groups is 2. The van der Waals surface area contributed by atoms with Crippen molar-refractivity contribution in [2.75, 3.05) is 19.7 Å². The number of aliphatic imine (C=N–C) groups is 1. The Labute approximate surface area is 295 Å². The fourth-order valence-electron chi connectivity index (χ4n) is 7.35. The maximum atomic E-state index is 13.5. The number of amides is 2. The molecule has 50 heavy (non-hydrogen) atoms. The number of aromatic amines is 1. The van der Waals surface area contributed by atoms with Crippen LogP contribution in [0, 0.1) is 29.1 Å². The highest BCUT2D eigenvalue weighted by atomic mass is 17.2. The first kappa shape index (κ1) is 35.3. The lowest BCUT2D eigenvalue weighted by Gasteiger charge is -2.29. The van der Waals surface area contributed by atoms with Crippen molar-refractivity contribution in [3.05, 3.63) is 72.3 Å². The fraction of sp³-hybridized carbons (Fsp3) is 0.475. The van der Waals surface area contributed by atoms with Crippen LogP contribution in [0.3, 0.4) is 0 Å². The van der Waals surface area contributed by atoms with Crippen molar-refractivity contribution in [1.29, 1.82) is 5.41 Å². The third-order valence-corrected chi connectivity index (χ3v) is 10.8. The van der Waals surface area contributed by atoms with Crippen LogP contribution >= 0.6 is 0 Å². The molecule has 2 saturated heterocycles. The SMILES string of the molecule is CC(C)[C@H](C)C(=O)N1CCC[C@H]1C1=NC=C(c2ccc(-c3ccc(-c4cnc([C@@H]5CCCN5C(=O)[C@@H](COOC=N)C(C)C)[nH]4)cc3)cc2)C1. The molecular weight excluding hydrogens is 628 g/mol. The van der Waals surface area contributed by atoms with E-state index in [0.717, 1.165) is 84.5 Å². The van der Waals surface area contributed by atoms with Gasteiger partial charge in [0, 0.05) is 37.3 Å². The van der Waals surface area contributed by atoms with Crippen LogP contribution in [0.2, 0.25) is 0 Å². The number of hydrogen-bond donors (Lipinski definition) is 2. The third-order valence-electron chi connectivity index (χ3n) is 10.8. The summed E-state index contributed by atoms with van der Waals surface area (Å²) in [5.41, 5.74) is 7.66. The highest BCUT2D eigenvalue weighted by molar-refractivity contribution is 6.03. The Bertz CT molecular complexity index is 1720. The number of hydrogen-bond acceptors (Lipinski definition) is 7. The molecule has 0 saturated carbocycles. The highest BCUT2D eigenvalue weighted by Gasteiger charge is 2.38. The summed E-state index contributed by atoms with van der Waals surface area (Å²) in [7, 11) is 0. The largest absolute Gasteiger partial charge is 0.340 e. The molecule has 2 amide bonds. The van der Waals surface area contributed by atoms with Gasteiger partial charge in [-0.15, -0.1) is 0 Å². The van der Waals surface area contributed by atoms with Crippen LogP contribution in [0.25, 0.3) is 28.0 Å². The van der Waals surface area contributed by atoms with Gasteiger partial charge in [0.1, 0.15) is 12.4 Å². The van der Waals surface area contributed by atoms with Gasteiger partial charge in [0.15, 0.2) is 0 Å². The molecule has 10 heteroatoms. The Morgan fingerprint density at radius 1 is 0.860 bits per heavy atom. The van der Waals surface area contributed by atoms with E-state index in [1.54, 1.807) is 0 Å². The van der Waals surface area contributed by atoms with Crippen LogP contribution in [0.15, 0.2) is 65.9 Å². The lowest BCUT2D eigenvalue weighted by molar-refractivity contribution is -0.229. The number of imidazole rings is 1. The molecule has 0 radical (unpaired) electrons. The first-order chi connectivity index (χ1) is 24.2. The van der Waals surface area contributed by atoms with E-state index in [9.17, 15) is 9.59 Å². The number of nitrogens with one attached hydrogen (secondary N) is 2. The molecule has 2 N–H and O–H groups in total. The fourth-order valence-corrected chi connectivity index (χ4v) is 7.35. The first-order valence-corrected chi connectivity index (χ1v) is 18.1. The zero-order valence-corrected chi connectivity index (χ0v) is 29.9. The number of carbonyl (C=O) groups excluding carboxylic acids is 2. The van der Waals surface area contributed by atoms with Crippen molar-refractivity contribution in [3.8, 4) is 22.4 Å². The normalized spacial score (nSPS) is 20.3. The molecular formula is C40H50N6O4. The lowest BCUT2D eigenvalue weighted by atomic mass is 9.94. The van der Waals surface area contributed by atoms with Crippen LogP contribution < -0.4 is 0 Å². The minimum Gasteiger partial charge on any atom is -0.340 e. The van der Waals surface area contributed by atoms with Gasteiger partial charge in [-0.2, -0.15) is 4.89 Å². The molecule has 0 unspecified atom stereocenters. The first-order valence-electron chi connectivity index (χ1n) is 18.1. The van der Waals surface area contributed by atoms with E-state index < -0.39 is 0 Å². The van der Waals surface area contributed by atoms with Gasteiger partial charge in [-0.1, -0.05) is 83.1 Å². The van der Waals surface area contributed by atoms with Gasteiger partial charge in [0.05, 0.1) is 29.9 Å². The van der Waals surface area contributed by atoms with Crippen molar-refractivity contribution < 1.29 is 19.4 Å². The molecule has 2 aromatic carbocycles. The van der Waals surface area contributed by atoms with Gasteiger partial charge in [0.2, 0.25) is 18.2 Å². The number of allylic oxidation sites excluding steroid dienone is 1. The van der Waals surface area contributed by atoms with E-state index in [1.165, 1.54) is 5.57 Å². The Morgan fingerprint density at radius 2 is 1.46 bits per heavy atom. The molecule has 10 nitrogen and oxygen atoms in total. The van der Waals surface area contributed by atoms with Crippen molar-refractivity contribution in [2.45, 2.75) is 78.8 Å². The van der Waals surface area contributed by atoms with Gasteiger partial charge in [-0.25, -0.2) is 4.98 Å². The summed E-state index contributed by atoms with van der Waals surface area (Å²) in [6, 6.07) is 17.1. The number of aromatic nitrogens is 2. The average molecular weight is 679 g/mol. The van der Waals surface area contributed by atoms with Crippen LogP contribution in [0.4, 0.5) is 0 Å². The molecule has 4 atom stereocenters. The molecule has 3 aliphatic rings. The monoisotopic (exact) mass is 678 g/mol. The molecule has 4 heterocycles. The Kier molecular flexibility index (Phi) is 11.0. The van der Waals surface area contributed by atoms with Crippen LogP contribution in [-0.4, -0.2) is 69.4 Å². The average Bonchev–Trinajstić information content (AvgIpc) is 3.95. The molecule has 1 aromatic heterocycles. The molecule has 0 aliphatic carbocycles. The van der Waals surface area contributed by atoms with E-state index >= 15 is 0 Å². The van der Waals surface area contributed by atoms with Crippen LogP contribution in [0.1, 0.15) is 84.2 Å². The third kappa shape index (κ3) is 7.45. The summed E-state index contributed by atoms with van der Waals surface area (Å²) in [6.07, 6.45) is 9.10. The molecule has 2 fully saturated rings. The highest BCUT2D eigenvalue weighted by Crippen LogP contribution is 2.35. The minimum absolute atomic E-state index is 0.0188. The van der Waals surface area contributed by atoms with E-state index in [2.05, 4.69) is 77.1 Å². The Balaban J connectivity index is 1.07. The van der Waals surface area contributed by atoms with Gasteiger partial charge >= 0.3 is 0 Å². The van der Waals surface area contributed by atoms with Gasteiger partial charge in [0.25, 0.3) is 0 Å². The second kappa shape index (κ2) is 15.5. The van der Waals surface area contributed by atoms with Crippen molar-refractivity contribution in [2.24, 2.45) is 28.7 Å². The van der Waals surface area contributed by atoms with Gasteiger partial charge in [-0.05, 0) is 65.3 Å². The van der Waals surface area contributed by atoms with Gasteiger partial charge in [-0.3, -0.25) is 20.0 Å². The van der Waals surface area contributed by atoms with E-state index in [-0.39, 0.29) is 48.3 Å². The number of benzene rings is 2. The van der Waals surface area contributed by atoms with E-state index in [1.807, 2.05) is 38.1 Å². The zero-order chi connectivity index (χ0) is 35.4. The topological polar surface area (TPSA) is 124 Å². The summed E-state index contributed by atoms with van der Waals surface area (Å²) >= 11 is 0. The maximum absolute atomic E-state index is 13.5. The second-order valence-corrected chi connectivity index (χ2v) is 14.5. The summed E-state index contributed by atoms with van der Waals surface area (Å²) in [5.74, 6) is 1.10. The molecule has 6 rings (SSSR count). The van der Waals surface area contributed by atoms with Crippen LogP contribution in [0.5, 0.6) is 0 Å².